The Morgan fingerprint density at radius 1 is 1.10 bits per heavy atom. The van der Waals surface area contributed by atoms with Gasteiger partial charge in [-0.25, -0.2) is 8.42 Å². The lowest BCUT2D eigenvalue weighted by Gasteiger charge is -2.12. The Bertz CT molecular complexity index is 766. The van der Waals surface area contributed by atoms with E-state index in [2.05, 4.69) is 36.6 Å². The van der Waals surface area contributed by atoms with Crippen LogP contribution in [0.3, 0.4) is 0 Å². The molecular formula is C12H9Br2ClN2O2S. The van der Waals surface area contributed by atoms with Gasteiger partial charge in [0, 0.05) is 14.0 Å². The predicted octanol–water partition coefficient (Wildman–Crippen LogP) is 4.25. The van der Waals surface area contributed by atoms with Crippen molar-refractivity contribution in [2.75, 3.05) is 10.5 Å². The van der Waals surface area contributed by atoms with Crippen LogP contribution < -0.4 is 10.5 Å². The smallest absolute Gasteiger partial charge is 0.263 e. The highest BCUT2D eigenvalue weighted by atomic mass is 79.9. The Hall–Kier alpha value is -0.760. The van der Waals surface area contributed by atoms with Gasteiger partial charge in [-0.15, -0.1) is 0 Å². The number of benzene rings is 2. The van der Waals surface area contributed by atoms with Crippen molar-refractivity contribution < 1.29 is 8.42 Å². The summed E-state index contributed by atoms with van der Waals surface area (Å²) in [6, 6.07) is 9.34. The minimum absolute atomic E-state index is 0.0163. The van der Waals surface area contributed by atoms with Gasteiger partial charge in [0.2, 0.25) is 0 Å². The molecular weight excluding hydrogens is 431 g/mol. The summed E-state index contributed by atoms with van der Waals surface area (Å²) in [4.78, 5) is 0.0163. The first kappa shape index (κ1) is 15.6. The second-order valence-electron chi connectivity index (χ2n) is 3.91. The van der Waals surface area contributed by atoms with E-state index in [1.807, 2.05) is 0 Å². The molecule has 0 unspecified atom stereocenters. The summed E-state index contributed by atoms with van der Waals surface area (Å²) in [6.07, 6.45) is 0. The zero-order valence-electron chi connectivity index (χ0n) is 9.90. The summed E-state index contributed by atoms with van der Waals surface area (Å²) in [5.74, 6) is 0. The second-order valence-corrected chi connectivity index (χ2v) is 7.77. The van der Waals surface area contributed by atoms with E-state index in [9.17, 15) is 8.42 Å². The first-order chi connectivity index (χ1) is 9.29. The molecule has 2 aromatic rings. The molecule has 20 heavy (non-hydrogen) atoms. The Balaban J connectivity index is 2.41. The van der Waals surface area contributed by atoms with Crippen LogP contribution in [0.2, 0.25) is 5.02 Å². The number of anilines is 2. The van der Waals surface area contributed by atoms with E-state index in [1.54, 1.807) is 24.3 Å². The fraction of sp³-hybridized carbons (Fsp3) is 0. The Labute approximate surface area is 138 Å². The monoisotopic (exact) mass is 438 g/mol. The van der Waals surface area contributed by atoms with Crippen LogP contribution in [0.5, 0.6) is 0 Å². The molecule has 3 N–H and O–H groups in total. The average Bonchev–Trinajstić information content (AvgIpc) is 2.32. The number of halogens is 3. The molecule has 0 aliphatic rings. The Kier molecular flexibility index (Phi) is 4.63. The maximum Gasteiger partial charge on any atom is 0.263 e. The lowest BCUT2D eigenvalue weighted by molar-refractivity contribution is 0.601. The zero-order chi connectivity index (χ0) is 14.9. The maximum absolute atomic E-state index is 12.3. The third-order valence-electron chi connectivity index (χ3n) is 2.44. The number of nitrogens with two attached hydrogens (primary N) is 1. The lowest BCUT2D eigenvalue weighted by atomic mass is 10.3. The number of hydrogen-bond donors (Lipinski definition) is 2. The van der Waals surface area contributed by atoms with E-state index in [0.717, 1.165) is 0 Å². The predicted molar refractivity (Wildman–Crippen MR) is 88.5 cm³/mol. The van der Waals surface area contributed by atoms with Crippen molar-refractivity contribution in [3.63, 3.8) is 0 Å². The Morgan fingerprint density at radius 3 is 2.40 bits per heavy atom. The molecule has 0 amide bonds. The summed E-state index contributed by atoms with van der Waals surface area (Å²) in [5, 5.41) is 0.503. The van der Waals surface area contributed by atoms with Crippen LogP contribution in [-0.4, -0.2) is 8.42 Å². The van der Waals surface area contributed by atoms with Crippen LogP contribution in [0.25, 0.3) is 0 Å². The van der Waals surface area contributed by atoms with Gasteiger partial charge in [-0.05, 0) is 52.3 Å². The molecule has 0 saturated carbocycles. The molecule has 0 saturated heterocycles. The van der Waals surface area contributed by atoms with E-state index in [4.69, 9.17) is 17.3 Å². The molecule has 0 aromatic heterocycles. The van der Waals surface area contributed by atoms with Gasteiger partial charge in [-0.1, -0.05) is 27.5 Å². The number of sulfonamides is 1. The molecule has 2 rings (SSSR count). The normalized spacial score (nSPS) is 11.3. The van der Waals surface area contributed by atoms with E-state index in [-0.39, 0.29) is 10.6 Å². The molecule has 2 aromatic carbocycles. The Morgan fingerprint density at radius 2 is 1.80 bits per heavy atom. The molecule has 0 aliphatic heterocycles. The van der Waals surface area contributed by atoms with Gasteiger partial charge in [0.15, 0.2) is 0 Å². The third-order valence-corrected chi connectivity index (χ3v) is 5.26. The van der Waals surface area contributed by atoms with Crippen LogP contribution in [0, 0.1) is 0 Å². The van der Waals surface area contributed by atoms with Crippen LogP contribution in [0.1, 0.15) is 0 Å². The highest BCUT2D eigenvalue weighted by molar-refractivity contribution is 9.10. The molecule has 0 heterocycles. The molecule has 0 aliphatic carbocycles. The maximum atomic E-state index is 12.3. The topological polar surface area (TPSA) is 72.2 Å². The third kappa shape index (κ3) is 3.46. The SMILES string of the molecule is Nc1cc(Br)ccc1S(=O)(=O)Nc1ccc(Cl)cc1Br. The van der Waals surface area contributed by atoms with Gasteiger partial charge in [0.05, 0.1) is 11.4 Å². The van der Waals surface area contributed by atoms with E-state index < -0.39 is 10.0 Å². The van der Waals surface area contributed by atoms with Crippen molar-refractivity contribution in [1.82, 2.24) is 0 Å². The first-order valence-corrected chi connectivity index (χ1v) is 8.77. The highest BCUT2D eigenvalue weighted by Gasteiger charge is 2.18. The summed E-state index contributed by atoms with van der Waals surface area (Å²) in [7, 11) is -3.77. The van der Waals surface area contributed by atoms with Gasteiger partial charge < -0.3 is 5.73 Å². The number of nitrogen functional groups attached to an aromatic ring is 1. The van der Waals surface area contributed by atoms with Crippen molar-refractivity contribution in [1.29, 1.82) is 0 Å². The summed E-state index contributed by atoms with van der Waals surface area (Å²) in [6.45, 7) is 0. The van der Waals surface area contributed by atoms with Gasteiger partial charge in [-0.3, -0.25) is 4.72 Å². The van der Waals surface area contributed by atoms with E-state index in [1.165, 1.54) is 12.1 Å². The van der Waals surface area contributed by atoms with E-state index in [0.29, 0.717) is 19.7 Å². The molecule has 0 bridgehead atoms. The van der Waals surface area contributed by atoms with Crippen molar-refractivity contribution in [3.8, 4) is 0 Å². The molecule has 0 radical (unpaired) electrons. The quantitative estimate of drug-likeness (QED) is 0.701. The zero-order valence-corrected chi connectivity index (χ0v) is 14.6. The standard InChI is InChI=1S/C12H9Br2ClN2O2S/c13-7-1-4-12(10(16)5-7)20(18,19)17-11-3-2-8(15)6-9(11)14/h1-6,17H,16H2. The molecule has 0 atom stereocenters. The van der Waals surface area contributed by atoms with E-state index >= 15 is 0 Å². The van der Waals surface area contributed by atoms with Gasteiger partial charge in [0.1, 0.15) is 4.90 Å². The minimum atomic E-state index is -3.77. The van der Waals surface area contributed by atoms with Gasteiger partial charge in [-0.2, -0.15) is 0 Å². The summed E-state index contributed by atoms with van der Waals surface area (Å²) >= 11 is 12.3. The highest BCUT2D eigenvalue weighted by Crippen LogP contribution is 2.30. The first-order valence-electron chi connectivity index (χ1n) is 5.32. The fourth-order valence-corrected chi connectivity index (χ4v) is 4.02. The number of nitrogens with one attached hydrogen (secondary N) is 1. The summed E-state index contributed by atoms with van der Waals surface area (Å²) < 4.78 is 28.3. The minimum Gasteiger partial charge on any atom is -0.398 e. The molecule has 4 nitrogen and oxygen atoms in total. The van der Waals surface area contributed by atoms with Crippen LogP contribution in [0.4, 0.5) is 11.4 Å². The average molecular weight is 441 g/mol. The van der Waals surface area contributed by atoms with Crippen molar-refractivity contribution in [3.05, 3.63) is 50.4 Å². The fourth-order valence-electron chi connectivity index (χ4n) is 1.54. The lowest BCUT2D eigenvalue weighted by Crippen LogP contribution is -2.15. The summed E-state index contributed by atoms with van der Waals surface area (Å²) in [5.41, 5.74) is 6.29. The number of rotatable bonds is 3. The van der Waals surface area contributed by atoms with Crippen molar-refractivity contribution >= 4 is 64.9 Å². The van der Waals surface area contributed by atoms with Crippen LogP contribution in [-0.2, 0) is 10.0 Å². The van der Waals surface area contributed by atoms with Crippen LogP contribution in [0.15, 0.2) is 50.2 Å². The van der Waals surface area contributed by atoms with Gasteiger partial charge in [0.25, 0.3) is 10.0 Å². The van der Waals surface area contributed by atoms with Gasteiger partial charge >= 0.3 is 0 Å². The molecule has 8 heteroatoms. The largest absolute Gasteiger partial charge is 0.398 e. The van der Waals surface area contributed by atoms with Crippen molar-refractivity contribution in [2.24, 2.45) is 0 Å². The second kappa shape index (κ2) is 5.93. The molecule has 0 fully saturated rings. The molecule has 0 spiro atoms. The van der Waals surface area contributed by atoms with Crippen molar-refractivity contribution in [2.45, 2.75) is 4.90 Å². The van der Waals surface area contributed by atoms with Crippen LogP contribution >= 0.6 is 43.5 Å². The molecule has 106 valence electrons. The number of hydrogen-bond acceptors (Lipinski definition) is 3.